The third-order valence-electron chi connectivity index (χ3n) is 3.32. The molecule has 2 aromatic rings. The van der Waals surface area contributed by atoms with Gasteiger partial charge in [-0.15, -0.1) is 10.2 Å². The first-order valence-corrected chi connectivity index (χ1v) is 7.13. The van der Waals surface area contributed by atoms with Crippen LogP contribution < -0.4 is 4.90 Å². The number of hydrogen-bond donors (Lipinski definition) is 0. The lowest BCUT2D eigenvalue weighted by molar-refractivity contribution is 0.352. The van der Waals surface area contributed by atoms with Crippen LogP contribution in [-0.2, 0) is 13.0 Å². The second-order valence-electron chi connectivity index (χ2n) is 4.72. The Balaban J connectivity index is 1.56. The molecule has 96 valence electrons. The largest absolute Gasteiger partial charge is 0.346 e. The van der Waals surface area contributed by atoms with Crippen LogP contribution in [-0.4, -0.2) is 32.8 Å². The molecule has 1 fully saturated rings. The van der Waals surface area contributed by atoms with E-state index in [1.165, 1.54) is 5.82 Å². The van der Waals surface area contributed by atoms with Crippen molar-refractivity contribution < 1.29 is 0 Å². The molecule has 0 N–H and O–H groups in total. The molecule has 5 nitrogen and oxygen atoms in total. The van der Waals surface area contributed by atoms with Gasteiger partial charge in [0.05, 0.1) is 0 Å². The average Bonchev–Trinajstić information content (AvgIpc) is 2.91. The minimum atomic E-state index is 0.703. The molecule has 3 rings (SSSR count). The molecule has 0 bridgehead atoms. The highest BCUT2D eigenvalue weighted by atomic mass is 32.1. The van der Waals surface area contributed by atoms with E-state index in [4.69, 9.17) is 0 Å². The normalized spacial score (nSPS) is 16.0. The van der Waals surface area contributed by atoms with Gasteiger partial charge in [0.15, 0.2) is 0 Å². The maximum absolute atomic E-state index is 4.36. The second kappa shape index (κ2) is 4.68. The summed E-state index contributed by atoms with van der Waals surface area (Å²) in [6, 6.07) is 0. The van der Waals surface area contributed by atoms with E-state index in [0.29, 0.717) is 5.92 Å². The number of aryl methyl sites for hydroxylation is 2. The standard InChI is InChI=1S/C12H17N5S/c1-3-11-13-4-5-16(11)6-10-7-17(8-10)12-15-14-9(2)18-12/h4-5,10H,3,6-8H2,1-2H3. The van der Waals surface area contributed by atoms with E-state index in [2.05, 4.69) is 37.8 Å². The molecule has 0 atom stereocenters. The first-order valence-electron chi connectivity index (χ1n) is 6.31. The second-order valence-corrected chi connectivity index (χ2v) is 5.88. The molecule has 0 amide bonds. The van der Waals surface area contributed by atoms with Crippen molar-refractivity contribution in [3.05, 3.63) is 23.2 Å². The van der Waals surface area contributed by atoms with Gasteiger partial charge in [-0.1, -0.05) is 18.3 Å². The number of rotatable bonds is 4. The van der Waals surface area contributed by atoms with Crippen molar-refractivity contribution in [1.82, 2.24) is 19.7 Å². The molecule has 0 radical (unpaired) electrons. The zero-order chi connectivity index (χ0) is 12.5. The van der Waals surface area contributed by atoms with Crippen molar-refractivity contribution in [3.8, 4) is 0 Å². The van der Waals surface area contributed by atoms with Gasteiger partial charge in [-0.2, -0.15) is 0 Å². The molecule has 18 heavy (non-hydrogen) atoms. The molecule has 1 saturated heterocycles. The molecular formula is C12H17N5S. The van der Waals surface area contributed by atoms with E-state index < -0.39 is 0 Å². The summed E-state index contributed by atoms with van der Waals surface area (Å²) in [7, 11) is 0. The van der Waals surface area contributed by atoms with Gasteiger partial charge in [-0.3, -0.25) is 0 Å². The van der Waals surface area contributed by atoms with Crippen LogP contribution in [0, 0.1) is 12.8 Å². The molecule has 6 heteroatoms. The lowest BCUT2D eigenvalue weighted by Gasteiger charge is -2.39. The van der Waals surface area contributed by atoms with Crippen LogP contribution in [0.3, 0.4) is 0 Å². The van der Waals surface area contributed by atoms with Crippen molar-refractivity contribution >= 4 is 16.5 Å². The summed E-state index contributed by atoms with van der Waals surface area (Å²) in [6.45, 7) is 7.37. The number of hydrogen-bond acceptors (Lipinski definition) is 5. The smallest absolute Gasteiger partial charge is 0.208 e. The zero-order valence-electron chi connectivity index (χ0n) is 10.7. The summed E-state index contributed by atoms with van der Waals surface area (Å²) in [5, 5.41) is 10.3. The Morgan fingerprint density at radius 2 is 2.22 bits per heavy atom. The molecule has 0 unspecified atom stereocenters. The Morgan fingerprint density at radius 1 is 1.39 bits per heavy atom. The molecule has 0 aliphatic carbocycles. The van der Waals surface area contributed by atoms with Crippen molar-refractivity contribution in [2.45, 2.75) is 26.8 Å². The molecule has 0 aromatic carbocycles. The van der Waals surface area contributed by atoms with Crippen molar-refractivity contribution in [2.75, 3.05) is 18.0 Å². The zero-order valence-corrected chi connectivity index (χ0v) is 11.5. The van der Waals surface area contributed by atoms with E-state index in [1.54, 1.807) is 11.3 Å². The summed E-state index contributed by atoms with van der Waals surface area (Å²) >= 11 is 1.67. The minimum Gasteiger partial charge on any atom is -0.346 e. The van der Waals surface area contributed by atoms with Crippen LogP contribution >= 0.6 is 11.3 Å². The van der Waals surface area contributed by atoms with E-state index in [0.717, 1.165) is 36.2 Å². The fraction of sp³-hybridized carbons (Fsp3) is 0.583. The molecule has 0 spiro atoms. The van der Waals surface area contributed by atoms with Crippen LogP contribution in [0.15, 0.2) is 12.4 Å². The van der Waals surface area contributed by atoms with Gasteiger partial charge < -0.3 is 9.47 Å². The van der Waals surface area contributed by atoms with Crippen LogP contribution in [0.2, 0.25) is 0 Å². The van der Waals surface area contributed by atoms with Gasteiger partial charge in [0.2, 0.25) is 5.13 Å². The van der Waals surface area contributed by atoms with Gasteiger partial charge in [0, 0.05) is 44.4 Å². The molecule has 1 aliphatic heterocycles. The monoisotopic (exact) mass is 263 g/mol. The van der Waals surface area contributed by atoms with Gasteiger partial charge >= 0.3 is 0 Å². The highest BCUT2D eigenvalue weighted by Gasteiger charge is 2.29. The first-order chi connectivity index (χ1) is 8.76. The summed E-state index contributed by atoms with van der Waals surface area (Å²) in [4.78, 5) is 6.66. The Morgan fingerprint density at radius 3 is 2.89 bits per heavy atom. The van der Waals surface area contributed by atoms with Gasteiger partial charge in [0.25, 0.3) is 0 Å². The number of anilines is 1. The molecule has 1 aliphatic rings. The predicted molar refractivity (Wildman–Crippen MR) is 72.0 cm³/mol. The molecule has 0 saturated carbocycles. The highest BCUT2D eigenvalue weighted by Crippen LogP contribution is 2.28. The fourth-order valence-electron chi connectivity index (χ4n) is 2.35. The van der Waals surface area contributed by atoms with E-state index >= 15 is 0 Å². The summed E-state index contributed by atoms with van der Waals surface area (Å²) in [6.07, 6.45) is 4.97. The van der Waals surface area contributed by atoms with Crippen molar-refractivity contribution in [1.29, 1.82) is 0 Å². The van der Waals surface area contributed by atoms with Crippen molar-refractivity contribution in [2.24, 2.45) is 5.92 Å². The van der Waals surface area contributed by atoms with E-state index in [-0.39, 0.29) is 0 Å². The van der Waals surface area contributed by atoms with E-state index in [1.807, 2.05) is 13.1 Å². The molecular weight excluding hydrogens is 246 g/mol. The lowest BCUT2D eigenvalue weighted by atomic mass is 10.0. The third-order valence-corrected chi connectivity index (χ3v) is 4.22. The van der Waals surface area contributed by atoms with Crippen molar-refractivity contribution in [3.63, 3.8) is 0 Å². The Labute approximate surface area is 110 Å². The number of nitrogens with zero attached hydrogens (tertiary/aromatic N) is 5. The fourth-order valence-corrected chi connectivity index (χ4v) is 3.06. The lowest BCUT2D eigenvalue weighted by Crippen LogP contribution is -2.48. The number of aromatic nitrogens is 4. The van der Waals surface area contributed by atoms with Gasteiger partial charge in [-0.05, 0) is 6.92 Å². The summed E-state index contributed by atoms with van der Waals surface area (Å²) in [5.41, 5.74) is 0. The SMILES string of the molecule is CCc1nccn1CC1CN(c2nnc(C)s2)C1. The minimum absolute atomic E-state index is 0.703. The Hall–Kier alpha value is -1.43. The van der Waals surface area contributed by atoms with Crippen LogP contribution in [0.25, 0.3) is 0 Å². The number of imidazole rings is 1. The van der Waals surface area contributed by atoms with Crippen LogP contribution in [0.4, 0.5) is 5.13 Å². The maximum atomic E-state index is 4.36. The molecule has 2 aromatic heterocycles. The maximum Gasteiger partial charge on any atom is 0.208 e. The predicted octanol–water partition coefficient (Wildman–Crippen LogP) is 1.74. The van der Waals surface area contributed by atoms with Gasteiger partial charge in [0.1, 0.15) is 10.8 Å². The molecule has 3 heterocycles. The quantitative estimate of drug-likeness (QED) is 0.843. The van der Waals surface area contributed by atoms with E-state index in [9.17, 15) is 0 Å². The highest BCUT2D eigenvalue weighted by molar-refractivity contribution is 7.15. The summed E-state index contributed by atoms with van der Waals surface area (Å²) in [5.74, 6) is 1.88. The van der Waals surface area contributed by atoms with Crippen LogP contribution in [0.1, 0.15) is 17.8 Å². The third kappa shape index (κ3) is 2.12. The topological polar surface area (TPSA) is 46.8 Å². The van der Waals surface area contributed by atoms with Gasteiger partial charge in [-0.25, -0.2) is 4.98 Å². The summed E-state index contributed by atoms with van der Waals surface area (Å²) < 4.78 is 2.27. The average molecular weight is 263 g/mol. The van der Waals surface area contributed by atoms with Crippen LogP contribution in [0.5, 0.6) is 0 Å². The Kier molecular flexibility index (Phi) is 3.03. The Bertz CT molecular complexity index is 526. The first kappa shape index (κ1) is 11.6.